The van der Waals surface area contributed by atoms with E-state index in [2.05, 4.69) is 5.32 Å². The van der Waals surface area contributed by atoms with Crippen LogP contribution in [-0.4, -0.2) is 41.1 Å². The van der Waals surface area contributed by atoms with Gasteiger partial charge in [-0.3, -0.25) is 9.59 Å². The molecule has 1 aliphatic rings. The SMILES string of the molecule is Cc1ccccc1C(=O)NC1CCN(C(=O)C(C)Sc2ccccc2Cl)CC1. The molecule has 2 amide bonds. The highest BCUT2D eigenvalue weighted by molar-refractivity contribution is 8.00. The summed E-state index contributed by atoms with van der Waals surface area (Å²) in [5, 5.41) is 3.59. The second-order valence-corrected chi connectivity index (χ2v) is 8.87. The Morgan fingerprint density at radius 2 is 1.75 bits per heavy atom. The van der Waals surface area contributed by atoms with Gasteiger partial charge in [-0.25, -0.2) is 0 Å². The maximum absolute atomic E-state index is 12.8. The third-order valence-corrected chi connectivity index (χ3v) is 6.63. The Labute approximate surface area is 175 Å². The third kappa shape index (κ3) is 5.09. The van der Waals surface area contributed by atoms with Crippen LogP contribution >= 0.6 is 23.4 Å². The van der Waals surface area contributed by atoms with Crippen LogP contribution in [0.15, 0.2) is 53.4 Å². The third-order valence-electron chi connectivity index (χ3n) is 5.02. The van der Waals surface area contributed by atoms with Crippen molar-refractivity contribution in [2.45, 2.75) is 42.9 Å². The molecule has 0 saturated carbocycles. The summed E-state index contributed by atoms with van der Waals surface area (Å²) in [6.07, 6.45) is 1.54. The van der Waals surface area contributed by atoms with Crippen LogP contribution in [0.25, 0.3) is 0 Å². The Balaban J connectivity index is 1.50. The molecule has 0 radical (unpaired) electrons. The summed E-state index contributed by atoms with van der Waals surface area (Å²) in [6.45, 7) is 5.17. The molecule has 2 aromatic rings. The number of aryl methyl sites for hydroxylation is 1. The predicted molar refractivity (Wildman–Crippen MR) is 115 cm³/mol. The molecule has 0 aromatic heterocycles. The lowest BCUT2D eigenvalue weighted by Gasteiger charge is -2.34. The van der Waals surface area contributed by atoms with Gasteiger partial charge in [-0.1, -0.05) is 41.9 Å². The van der Waals surface area contributed by atoms with Gasteiger partial charge in [-0.05, 0) is 50.5 Å². The Hall–Kier alpha value is -1.98. The topological polar surface area (TPSA) is 49.4 Å². The fraction of sp³-hybridized carbons (Fsp3) is 0.364. The Bertz CT molecular complexity index is 850. The predicted octanol–water partition coefficient (Wildman–Crippen LogP) is 4.55. The van der Waals surface area contributed by atoms with E-state index in [1.165, 1.54) is 11.8 Å². The second-order valence-electron chi connectivity index (χ2n) is 7.08. The van der Waals surface area contributed by atoms with Crippen molar-refractivity contribution in [1.82, 2.24) is 10.2 Å². The van der Waals surface area contributed by atoms with Gasteiger partial charge >= 0.3 is 0 Å². The maximum Gasteiger partial charge on any atom is 0.251 e. The fourth-order valence-electron chi connectivity index (χ4n) is 3.37. The van der Waals surface area contributed by atoms with Crippen LogP contribution in [0.2, 0.25) is 5.02 Å². The van der Waals surface area contributed by atoms with Gasteiger partial charge in [0.2, 0.25) is 5.91 Å². The van der Waals surface area contributed by atoms with E-state index in [1.807, 2.05) is 67.3 Å². The Morgan fingerprint density at radius 1 is 1.11 bits per heavy atom. The Kier molecular flexibility index (Phi) is 7.03. The molecule has 1 aliphatic heterocycles. The normalized spacial score (nSPS) is 15.9. The maximum atomic E-state index is 12.8. The van der Waals surface area contributed by atoms with E-state index in [-0.39, 0.29) is 23.1 Å². The number of halogens is 1. The molecule has 0 bridgehead atoms. The van der Waals surface area contributed by atoms with E-state index in [0.717, 1.165) is 23.3 Å². The molecular formula is C22H25ClN2O2S. The van der Waals surface area contributed by atoms with Crippen molar-refractivity contribution in [3.05, 3.63) is 64.7 Å². The van der Waals surface area contributed by atoms with Crippen LogP contribution in [0, 0.1) is 6.92 Å². The van der Waals surface area contributed by atoms with Crippen molar-refractivity contribution in [2.24, 2.45) is 0 Å². The van der Waals surface area contributed by atoms with Gasteiger partial charge in [-0.15, -0.1) is 11.8 Å². The highest BCUT2D eigenvalue weighted by Gasteiger charge is 2.27. The molecule has 2 aromatic carbocycles. The summed E-state index contributed by atoms with van der Waals surface area (Å²) < 4.78 is 0. The Morgan fingerprint density at radius 3 is 2.43 bits per heavy atom. The van der Waals surface area contributed by atoms with Crippen LogP contribution in [0.1, 0.15) is 35.7 Å². The van der Waals surface area contributed by atoms with E-state index in [9.17, 15) is 9.59 Å². The standard InChI is InChI=1S/C22H25ClN2O2S/c1-15-7-3-4-8-18(15)21(26)24-17-11-13-25(14-12-17)22(27)16(2)28-20-10-6-5-9-19(20)23/h3-10,16-17H,11-14H2,1-2H3,(H,24,26). The van der Waals surface area contributed by atoms with Crippen molar-refractivity contribution in [3.8, 4) is 0 Å². The van der Waals surface area contributed by atoms with E-state index >= 15 is 0 Å². The van der Waals surface area contributed by atoms with E-state index in [0.29, 0.717) is 23.7 Å². The molecule has 1 unspecified atom stereocenters. The molecular weight excluding hydrogens is 392 g/mol. The number of benzene rings is 2. The molecule has 3 rings (SSSR count). The fourth-order valence-corrected chi connectivity index (χ4v) is 4.61. The van der Waals surface area contributed by atoms with Crippen molar-refractivity contribution >= 4 is 35.2 Å². The molecule has 6 heteroatoms. The van der Waals surface area contributed by atoms with Gasteiger partial charge in [0.1, 0.15) is 0 Å². The lowest BCUT2D eigenvalue weighted by molar-refractivity contribution is -0.131. The lowest BCUT2D eigenvalue weighted by Crippen LogP contribution is -2.48. The number of likely N-dealkylation sites (tertiary alicyclic amines) is 1. The van der Waals surface area contributed by atoms with E-state index in [4.69, 9.17) is 11.6 Å². The minimum Gasteiger partial charge on any atom is -0.349 e. The second kappa shape index (κ2) is 9.48. The number of hydrogen-bond acceptors (Lipinski definition) is 3. The van der Waals surface area contributed by atoms with Crippen LogP contribution in [0.4, 0.5) is 0 Å². The van der Waals surface area contributed by atoms with Gasteiger partial charge in [0.25, 0.3) is 5.91 Å². The number of hydrogen-bond donors (Lipinski definition) is 1. The minimum absolute atomic E-state index is 0.0366. The van der Waals surface area contributed by atoms with Crippen molar-refractivity contribution in [1.29, 1.82) is 0 Å². The smallest absolute Gasteiger partial charge is 0.251 e. The average Bonchev–Trinajstić information content (AvgIpc) is 2.70. The molecule has 1 heterocycles. The summed E-state index contributed by atoms with van der Waals surface area (Å²) in [5.41, 5.74) is 1.68. The van der Waals surface area contributed by atoms with Gasteiger partial charge in [0.05, 0.1) is 10.3 Å². The van der Waals surface area contributed by atoms with E-state index < -0.39 is 0 Å². The first-order valence-electron chi connectivity index (χ1n) is 9.52. The molecule has 1 N–H and O–H groups in total. The highest BCUT2D eigenvalue weighted by atomic mass is 35.5. The van der Waals surface area contributed by atoms with Crippen molar-refractivity contribution in [2.75, 3.05) is 13.1 Å². The zero-order valence-electron chi connectivity index (χ0n) is 16.2. The number of amides is 2. The number of carbonyl (C=O) groups is 2. The van der Waals surface area contributed by atoms with Crippen LogP contribution < -0.4 is 5.32 Å². The molecule has 1 fully saturated rings. The summed E-state index contributed by atoms with van der Waals surface area (Å²) in [7, 11) is 0. The molecule has 0 spiro atoms. The number of carbonyl (C=O) groups excluding carboxylic acids is 2. The number of thioether (sulfide) groups is 1. The van der Waals surface area contributed by atoms with Gasteiger partial charge in [0, 0.05) is 29.6 Å². The summed E-state index contributed by atoms with van der Waals surface area (Å²) in [6, 6.07) is 15.3. The molecule has 148 valence electrons. The highest BCUT2D eigenvalue weighted by Crippen LogP contribution is 2.31. The molecule has 1 atom stereocenters. The van der Waals surface area contributed by atoms with Gasteiger partial charge in [0.15, 0.2) is 0 Å². The van der Waals surface area contributed by atoms with Crippen LogP contribution in [0.3, 0.4) is 0 Å². The van der Waals surface area contributed by atoms with Crippen molar-refractivity contribution < 1.29 is 9.59 Å². The van der Waals surface area contributed by atoms with Crippen LogP contribution in [-0.2, 0) is 4.79 Å². The molecule has 4 nitrogen and oxygen atoms in total. The first-order chi connectivity index (χ1) is 13.5. The zero-order valence-corrected chi connectivity index (χ0v) is 17.7. The number of nitrogens with zero attached hydrogens (tertiary/aromatic N) is 1. The number of piperidine rings is 1. The monoisotopic (exact) mass is 416 g/mol. The first-order valence-corrected chi connectivity index (χ1v) is 10.8. The summed E-state index contributed by atoms with van der Waals surface area (Å²) in [4.78, 5) is 28.1. The largest absolute Gasteiger partial charge is 0.349 e. The lowest BCUT2D eigenvalue weighted by atomic mass is 10.0. The number of nitrogens with one attached hydrogen (secondary N) is 1. The quantitative estimate of drug-likeness (QED) is 0.727. The van der Waals surface area contributed by atoms with Gasteiger partial charge in [-0.2, -0.15) is 0 Å². The van der Waals surface area contributed by atoms with Crippen LogP contribution in [0.5, 0.6) is 0 Å². The minimum atomic E-state index is -0.196. The first kappa shape index (κ1) is 20.7. The van der Waals surface area contributed by atoms with E-state index in [1.54, 1.807) is 0 Å². The van der Waals surface area contributed by atoms with Gasteiger partial charge < -0.3 is 10.2 Å². The summed E-state index contributed by atoms with van der Waals surface area (Å²) in [5.74, 6) is 0.0825. The van der Waals surface area contributed by atoms with Crippen molar-refractivity contribution in [3.63, 3.8) is 0 Å². The molecule has 0 aliphatic carbocycles. The molecule has 1 saturated heterocycles. The zero-order chi connectivity index (χ0) is 20.1. The average molecular weight is 417 g/mol. The summed E-state index contributed by atoms with van der Waals surface area (Å²) >= 11 is 7.69. The number of rotatable bonds is 5. The molecule has 28 heavy (non-hydrogen) atoms.